The molecule has 0 aromatic rings. The Morgan fingerprint density at radius 1 is 1.60 bits per heavy atom. The van der Waals surface area contributed by atoms with E-state index in [9.17, 15) is 4.79 Å². The van der Waals surface area contributed by atoms with E-state index in [1.54, 1.807) is 0 Å². The van der Waals surface area contributed by atoms with E-state index < -0.39 is 0 Å². The Bertz CT molecular complexity index is 184. The molecule has 0 saturated carbocycles. The summed E-state index contributed by atoms with van der Waals surface area (Å²) < 4.78 is 0. The van der Waals surface area contributed by atoms with Gasteiger partial charge in [-0.15, -0.1) is 0 Å². The lowest BCUT2D eigenvalue weighted by Gasteiger charge is -1.99. The topological polar surface area (TPSA) is 55.1 Å². The zero-order valence-corrected chi connectivity index (χ0v) is 6.11. The lowest BCUT2D eigenvalue weighted by atomic mass is 10.1. The zero-order chi connectivity index (χ0) is 7.56. The molecule has 1 aliphatic rings. The fourth-order valence-electron chi connectivity index (χ4n) is 0.979. The lowest BCUT2D eigenvalue weighted by Crippen LogP contribution is -2.27. The van der Waals surface area contributed by atoms with Crippen LogP contribution in [0, 0.1) is 0 Å². The highest BCUT2D eigenvalue weighted by Crippen LogP contribution is 2.09. The van der Waals surface area contributed by atoms with Gasteiger partial charge < -0.3 is 11.1 Å². The third kappa shape index (κ3) is 1.29. The van der Waals surface area contributed by atoms with Crippen molar-refractivity contribution >= 4 is 5.91 Å². The minimum atomic E-state index is -0.116. The maximum absolute atomic E-state index is 10.9. The second kappa shape index (κ2) is 2.73. The molecule has 1 amide bonds. The van der Waals surface area contributed by atoms with Crippen molar-refractivity contribution < 1.29 is 4.79 Å². The largest absolute Gasteiger partial charge is 0.394 e. The van der Waals surface area contributed by atoms with Crippen molar-refractivity contribution in [2.45, 2.75) is 19.8 Å². The highest BCUT2D eigenvalue weighted by molar-refractivity contribution is 5.93. The summed E-state index contributed by atoms with van der Waals surface area (Å²) in [6, 6.07) is 0. The Morgan fingerprint density at radius 2 is 2.30 bits per heavy atom. The molecule has 3 nitrogen and oxygen atoms in total. The van der Waals surface area contributed by atoms with Gasteiger partial charge >= 0.3 is 0 Å². The first-order chi connectivity index (χ1) is 4.72. The van der Waals surface area contributed by atoms with E-state index in [0.717, 1.165) is 25.0 Å². The summed E-state index contributed by atoms with van der Waals surface area (Å²) in [5.41, 5.74) is 6.90. The molecule has 0 saturated heterocycles. The highest BCUT2D eigenvalue weighted by atomic mass is 16.1. The second-order valence-electron chi connectivity index (χ2n) is 2.55. The molecule has 1 rings (SSSR count). The monoisotopic (exact) mass is 140 g/mol. The molecule has 0 unspecified atom stereocenters. The van der Waals surface area contributed by atoms with Crippen LogP contribution in [0.15, 0.2) is 11.3 Å². The number of nitrogens with one attached hydrogen (secondary N) is 1. The molecule has 1 aliphatic heterocycles. The van der Waals surface area contributed by atoms with Gasteiger partial charge in [-0.05, 0) is 25.3 Å². The van der Waals surface area contributed by atoms with E-state index in [0.29, 0.717) is 5.70 Å². The van der Waals surface area contributed by atoms with Gasteiger partial charge in [0, 0.05) is 6.54 Å². The van der Waals surface area contributed by atoms with E-state index in [1.807, 2.05) is 6.92 Å². The van der Waals surface area contributed by atoms with E-state index in [-0.39, 0.29) is 5.91 Å². The first kappa shape index (κ1) is 7.12. The van der Waals surface area contributed by atoms with Crippen molar-refractivity contribution in [2.75, 3.05) is 6.54 Å². The number of carbonyl (C=O) groups excluding carboxylic acids is 1. The van der Waals surface area contributed by atoms with Crippen molar-refractivity contribution in [3.8, 4) is 0 Å². The molecule has 56 valence electrons. The van der Waals surface area contributed by atoms with Crippen molar-refractivity contribution in [1.82, 2.24) is 5.32 Å². The van der Waals surface area contributed by atoms with Gasteiger partial charge in [-0.1, -0.05) is 0 Å². The van der Waals surface area contributed by atoms with Gasteiger partial charge in [0.1, 0.15) is 0 Å². The van der Waals surface area contributed by atoms with Crippen LogP contribution >= 0.6 is 0 Å². The Morgan fingerprint density at radius 3 is 3.00 bits per heavy atom. The van der Waals surface area contributed by atoms with Crippen molar-refractivity contribution in [3.05, 3.63) is 11.3 Å². The Hall–Kier alpha value is -0.990. The standard InChI is InChI=1S/C7H12N2O/c1-5-3-2-4-9-7(10)6(5)8/h2-4,8H2,1H3,(H,9,10). The van der Waals surface area contributed by atoms with Crippen molar-refractivity contribution in [3.63, 3.8) is 0 Å². The predicted molar refractivity (Wildman–Crippen MR) is 39.1 cm³/mol. The average molecular weight is 140 g/mol. The van der Waals surface area contributed by atoms with Crippen LogP contribution in [0.25, 0.3) is 0 Å². The van der Waals surface area contributed by atoms with Crippen molar-refractivity contribution in [1.29, 1.82) is 0 Å². The second-order valence-corrected chi connectivity index (χ2v) is 2.55. The van der Waals surface area contributed by atoms with Crippen LogP contribution in [0.3, 0.4) is 0 Å². The fraction of sp³-hybridized carbons (Fsp3) is 0.571. The third-order valence-corrected chi connectivity index (χ3v) is 1.72. The molecule has 0 radical (unpaired) electrons. The molecule has 0 bridgehead atoms. The summed E-state index contributed by atoms with van der Waals surface area (Å²) in [5.74, 6) is -0.116. The summed E-state index contributed by atoms with van der Waals surface area (Å²) in [4.78, 5) is 10.9. The Kier molecular flexibility index (Phi) is 1.94. The summed E-state index contributed by atoms with van der Waals surface area (Å²) in [7, 11) is 0. The SMILES string of the molecule is CC1=C(N)C(=O)NCCC1. The van der Waals surface area contributed by atoms with Crippen molar-refractivity contribution in [2.24, 2.45) is 5.73 Å². The van der Waals surface area contributed by atoms with Gasteiger partial charge in [-0.25, -0.2) is 0 Å². The number of carbonyl (C=O) groups is 1. The normalized spacial score (nSPS) is 20.3. The number of hydrogen-bond acceptors (Lipinski definition) is 2. The Balaban J connectivity index is 2.79. The maximum atomic E-state index is 10.9. The summed E-state index contributed by atoms with van der Waals surface area (Å²) in [5, 5.41) is 2.70. The van der Waals surface area contributed by atoms with Crippen LogP contribution in [0.5, 0.6) is 0 Å². The van der Waals surface area contributed by atoms with E-state index >= 15 is 0 Å². The number of amides is 1. The number of rotatable bonds is 0. The lowest BCUT2D eigenvalue weighted by molar-refractivity contribution is -0.117. The molecule has 3 heteroatoms. The fourth-order valence-corrected chi connectivity index (χ4v) is 0.979. The van der Waals surface area contributed by atoms with E-state index in [4.69, 9.17) is 5.73 Å². The van der Waals surface area contributed by atoms with Gasteiger partial charge in [-0.2, -0.15) is 0 Å². The number of hydrogen-bond donors (Lipinski definition) is 2. The molecule has 0 fully saturated rings. The molecule has 0 aliphatic carbocycles. The van der Waals surface area contributed by atoms with Crippen LogP contribution < -0.4 is 11.1 Å². The average Bonchev–Trinajstić information content (AvgIpc) is 2.04. The van der Waals surface area contributed by atoms with Crippen LogP contribution in [-0.2, 0) is 4.79 Å². The highest BCUT2D eigenvalue weighted by Gasteiger charge is 2.11. The van der Waals surface area contributed by atoms with Crippen LogP contribution in [0.2, 0.25) is 0 Å². The van der Waals surface area contributed by atoms with E-state index in [2.05, 4.69) is 5.32 Å². The molecular weight excluding hydrogens is 128 g/mol. The molecule has 0 aromatic carbocycles. The molecule has 0 aromatic heterocycles. The van der Waals surface area contributed by atoms with Gasteiger partial charge in [0.15, 0.2) is 0 Å². The van der Waals surface area contributed by atoms with E-state index in [1.165, 1.54) is 0 Å². The molecule has 1 heterocycles. The summed E-state index contributed by atoms with van der Waals surface area (Å²) in [6.07, 6.45) is 1.93. The minimum Gasteiger partial charge on any atom is -0.394 e. The van der Waals surface area contributed by atoms with Crippen LogP contribution in [-0.4, -0.2) is 12.5 Å². The minimum absolute atomic E-state index is 0.116. The molecule has 3 N–H and O–H groups in total. The van der Waals surface area contributed by atoms with Gasteiger partial charge in [0.2, 0.25) is 0 Å². The first-order valence-corrected chi connectivity index (χ1v) is 3.45. The van der Waals surface area contributed by atoms with Gasteiger partial charge in [-0.3, -0.25) is 4.79 Å². The van der Waals surface area contributed by atoms with Crippen LogP contribution in [0.1, 0.15) is 19.8 Å². The molecule has 0 spiro atoms. The maximum Gasteiger partial charge on any atom is 0.267 e. The first-order valence-electron chi connectivity index (χ1n) is 3.45. The van der Waals surface area contributed by atoms with Gasteiger partial charge in [0.25, 0.3) is 5.91 Å². The number of nitrogens with two attached hydrogens (primary N) is 1. The van der Waals surface area contributed by atoms with Crippen LogP contribution in [0.4, 0.5) is 0 Å². The summed E-state index contributed by atoms with van der Waals surface area (Å²) in [6.45, 7) is 2.65. The quantitative estimate of drug-likeness (QED) is 0.502. The third-order valence-electron chi connectivity index (χ3n) is 1.72. The van der Waals surface area contributed by atoms with Gasteiger partial charge in [0.05, 0.1) is 5.70 Å². The molecular formula is C7H12N2O. The zero-order valence-electron chi connectivity index (χ0n) is 6.11. The summed E-state index contributed by atoms with van der Waals surface area (Å²) >= 11 is 0. The predicted octanol–water partition coefficient (Wildman–Crippen LogP) is 0.129. The molecule has 10 heavy (non-hydrogen) atoms. The molecule has 0 atom stereocenters. The smallest absolute Gasteiger partial charge is 0.267 e. The number of allylic oxidation sites excluding steroid dienone is 1. The Labute approximate surface area is 60.3 Å².